The standard InChI is InChI=1S/C17H21BrN2O3S/c1-20(2)12-14-6-4-13(5-7-14)11-19-24(21,22)17-10-15(18)8-9-16(17)23-3/h4-10,19H,11-12H2,1-3H3. The zero-order valence-electron chi connectivity index (χ0n) is 13.9. The number of nitrogens with one attached hydrogen (secondary N) is 1. The molecule has 2 rings (SSSR count). The Morgan fingerprint density at radius 3 is 2.29 bits per heavy atom. The molecule has 0 saturated carbocycles. The van der Waals surface area contributed by atoms with E-state index in [0.29, 0.717) is 10.2 Å². The molecule has 0 atom stereocenters. The molecule has 2 aromatic rings. The second-order valence-corrected chi connectivity index (χ2v) is 8.33. The lowest BCUT2D eigenvalue weighted by Crippen LogP contribution is -2.23. The summed E-state index contributed by atoms with van der Waals surface area (Å²) in [5.41, 5.74) is 2.08. The van der Waals surface area contributed by atoms with Crippen molar-refractivity contribution in [2.75, 3.05) is 21.2 Å². The van der Waals surface area contributed by atoms with Crippen molar-refractivity contribution in [3.05, 3.63) is 58.1 Å². The van der Waals surface area contributed by atoms with E-state index in [-0.39, 0.29) is 11.4 Å². The van der Waals surface area contributed by atoms with Crippen molar-refractivity contribution in [2.45, 2.75) is 18.0 Å². The van der Waals surface area contributed by atoms with E-state index in [2.05, 4.69) is 25.6 Å². The predicted molar refractivity (Wildman–Crippen MR) is 98.6 cm³/mol. The Balaban J connectivity index is 2.12. The van der Waals surface area contributed by atoms with Crippen LogP contribution in [0.25, 0.3) is 0 Å². The van der Waals surface area contributed by atoms with Gasteiger partial charge >= 0.3 is 0 Å². The van der Waals surface area contributed by atoms with E-state index in [4.69, 9.17) is 4.74 Å². The highest BCUT2D eigenvalue weighted by atomic mass is 79.9. The van der Waals surface area contributed by atoms with E-state index in [1.54, 1.807) is 12.1 Å². The molecule has 0 bridgehead atoms. The van der Waals surface area contributed by atoms with Crippen LogP contribution in [0, 0.1) is 0 Å². The molecule has 0 aliphatic carbocycles. The Morgan fingerprint density at radius 1 is 1.08 bits per heavy atom. The van der Waals surface area contributed by atoms with Crippen molar-refractivity contribution in [3.8, 4) is 5.75 Å². The smallest absolute Gasteiger partial charge is 0.244 e. The van der Waals surface area contributed by atoms with Gasteiger partial charge in [0.25, 0.3) is 0 Å². The number of rotatable bonds is 7. The SMILES string of the molecule is COc1ccc(Br)cc1S(=O)(=O)NCc1ccc(CN(C)C)cc1. The number of halogens is 1. The third kappa shape index (κ3) is 5.04. The number of sulfonamides is 1. The van der Waals surface area contributed by atoms with Crippen LogP contribution in [0.4, 0.5) is 0 Å². The maximum Gasteiger partial charge on any atom is 0.244 e. The molecule has 24 heavy (non-hydrogen) atoms. The van der Waals surface area contributed by atoms with E-state index in [0.717, 1.165) is 12.1 Å². The molecule has 7 heteroatoms. The maximum atomic E-state index is 12.5. The number of benzene rings is 2. The molecule has 0 aromatic heterocycles. The molecular weight excluding hydrogens is 392 g/mol. The molecule has 0 fully saturated rings. The van der Waals surface area contributed by atoms with Gasteiger partial charge in [0.1, 0.15) is 10.6 Å². The number of ether oxygens (including phenoxy) is 1. The van der Waals surface area contributed by atoms with Gasteiger partial charge in [-0.25, -0.2) is 13.1 Å². The van der Waals surface area contributed by atoms with E-state index in [1.165, 1.54) is 18.7 Å². The van der Waals surface area contributed by atoms with Crippen molar-refractivity contribution in [2.24, 2.45) is 0 Å². The van der Waals surface area contributed by atoms with Crippen LogP contribution in [-0.2, 0) is 23.1 Å². The van der Waals surface area contributed by atoms with Crippen LogP contribution >= 0.6 is 15.9 Å². The van der Waals surface area contributed by atoms with Crippen LogP contribution in [0.2, 0.25) is 0 Å². The van der Waals surface area contributed by atoms with Gasteiger partial charge in [0.05, 0.1) is 7.11 Å². The lowest BCUT2D eigenvalue weighted by molar-refractivity contribution is 0.402. The van der Waals surface area contributed by atoms with E-state index in [9.17, 15) is 8.42 Å². The fraction of sp³-hybridized carbons (Fsp3) is 0.294. The average molecular weight is 413 g/mol. The topological polar surface area (TPSA) is 58.6 Å². The summed E-state index contributed by atoms with van der Waals surface area (Å²) in [5, 5.41) is 0. The van der Waals surface area contributed by atoms with E-state index >= 15 is 0 Å². The molecule has 0 heterocycles. The van der Waals surface area contributed by atoms with Crippen LogP contribution in [0.1, 0.15) is 11.1 Å². The molecule has 0 amide bonds. The molecule has 2 aromatic carbocycles. The first-order valence-electron chi connectivity index (χ1n) is 7.37. The lowest BCUT2D eigenvalue weighted by atomic mass is 10.1. The third-order valence-electron chi connectivity index (χ3n) is 3.40. The molecule has 0 saturated heterocycles. The van der Waals surface area contributed by atoms with Gasteiger partial charge in [-0.3, -0.25) is 0 Å². The Morgan fingerprint density at radius 2 is 1.71 bits per heavy atom. The second-order valence-electron chi connectivity index (χ2n) is 5.67. The van der Waals surface area contributed by atoms with Gasteiger partial charge in [-0.15, -0.1) is 0 Å². The fourth-order valence-electron chi connectivity index (χ4n) is 2.24. The first-order chi connectivity index (χ1) is 11.3. The summed E-state index contributed by atoms with van der Waals surface area (Å²) in [5.74, 6) is 0.312. The van der Waals surface area contributed by atoms with Crippen LogP contribution in [0.5, 0.6) is 5.75 Å². The summed E-state index contributed by atoms with van der Waals surface area (Å²) in [6, 6.07) is 12.8. The zero-order valence-corrected chi connectivity index (χ0v) is 16.3. The molecule has 1 N–H and O–H groups in total. The summed E-state index contributed by atoms with van der Waals surface area (Å²) in [6.45, 7) is 1.07. The van der Waals surface area contributed by atoms with Gasteiger partial charge in [-0.05, 0) is 43.4 Å². The predicted octanol–water partition coefficient (Wildman–Crippen LogP) is 3.00. The average Bonchev–Trinajstić information content (AvgIpc) is 2.54. The Bertz CT molecular complexity index is 790. The van der Waals surface area contributed by atoms with Crippen LogP contribution in [0.15, 0.2) is 51.8 Å². The number of methoxy groups -OCH3 is 1. The highest BCUT2D eigenvalue weighted by Crippen LogP contribution is 2.27. The normalized spacial score (nSPS) is 11.7. The van der Waals surface area contributed by atoms with Gasteiger partial charge < -0.3 is 9.64 Å². The molecular formula is C17H21BrN2O3S. The van der Waals surface area contributed by atoms with Crippen LogP contribution in [0.3, 0.4) is 0 Å². The highest BCUT2D eigenvalue weighted by molar-refractivity contribution is 9.10. The number of hydrogen-bond donors (Lipinski definition) is 1. The summed E-state index contributed by atoms with van der Waals surface area (Å²) in [7, 11) is 1.80. The first-order valence-corrected chi connectivity index (χ1v) is 9.65. The number of nitrogens with zero attached hydrogens (tertiary/aromatic N) is 1. The first kappa shape index (κ1) is 18.9. The van der Waals surface area contributed by atoms with Crippen molar-refractivity contribution in [1.82, 2.24) is 9.62 Å². The largest absolute Gasteiger partial charge is 0.495 e. The van der Waals surface area contributed by atoms with Crippen molar-refractivity contribution in [1.29, 1.82) is 0 Å². The van der Waals surface area contributed by atoms with Crippen molar-refractivity contribution in [3.63, 3.8) is 0 Å². The molecule has 0 aliphatic rings. The van der Waals surface area contributed by atoms with E-state index in [1.807, 2.05) is 38.4 Å². The Hall–Kier alpha value is -1.41. The Kier molecular flexibility index (Phi) is 6.40. The molecule has 5 nitrogen and oxygen atoms in total. The zero-order chi connectivity index (χ0) is 17.7. The lowest BCUT2D eigenvalue weighted by Gasteiger charge is -2.12. The van der Waals surface area contributed by atoms with Crippen LogP contribution in [-0.4, -0.2) is 34.5 Å². The summed E-state index contributed by atoms with van der Waals surface area (Å²) < 4.78 is 33.5. The maximum absolute atomic E-state index is 12.5. The Labute approximate surface area is 151 Å². The van der Waals surface area contributed by atoms with Crippen LogP contribution < -0.4 is 9.46 Å². The minimum atomic E-state index is -3.67. The van der Waals surface area contributed by atoms with Gasteiger partial charge in [0.2, 0.25) is 10.0 Å². The molecule has 0 spiro atoms. The van der Waals surface area contributed by atoms with Gasteiger partial charge in [-0.2, -0.15) is 0 Å². The second kappa shape index (κ2) is 8.11. The van der Waals surface area contributed by atoms with E-state index < -0.39 is 10.0 Å². The molecule has 0 radical (unpaired) electrons. The minimum Gasteiger partial charge on any atom is -0.495 e. The van der Waals surface area contributed by atoms with Gasteiger partial charge in [0, 0.05) is 17.6 Å². The minimum absolute atomic E-state index is 0.114. The summed E-state index contributed by atoms with van der Waals surface area (Å²) in [6.07, 6.45) is 0. The van der Waals surface area contributed by atoms with Crippen molar-refractivity contribution >= 4 is 26.0 Å². The third-order valence-corrected chi connectivity index (χ3v) is 5.32. The monoisotopic (exact) mass is 412 g/mol. The fourth-order valence-corrected chi connectivity index (χ4v) is 3.97. The summed E-state index contributed by atoms with van der Waals surface area (Å²) in [4.78, 5) is 2.20. The highest BCUT2D eigenvalue weighted by Gasteiger charge is 2.19. The van der Waals surface area contributed by atoms with Crippen molar-refractivity contribution < 1.29 is 13.2 Å². The van der Waals surface area contributed by atoms with Gasteiger partial charge in [-0.1, -0.05) is 40.2 Å². The molecule has 0 aliphatic heterocycles. The van der Waals surface area contributed by atoms with Gasteiger partial charge in [0.15, 0.2) is 0 Å². The molecule has 0 unspecified atom stereocenters. The summed E-state index contributed by atoms with van der Waals surface area (Å²) >= 11 is 3.29. The number of hydrogen-bond acceptors (Lipinski definition) is 4. The molecule has 130 valence electrons. The quantitative estimate of drug-likeness (QED) is 0.758.